The SMILES string of the molecule is O=S(=O)(NCC1(CO)CCCC1)c1ccc(Cl)cc1. The van der Waals surface area contributed by atoms with Gasteiger partial charge in [0.05, 0.1) is 4.90 Å². The average molecular weight is 304 g/mol. The molecule has 0 amide bonds. The van der Waals surface area contributed by atoms with Gasteiger partial charge in [0.2, 0.25) is 10.0 Å². The smallest absolute Gasteiger partial charge is 0.240 e. The van der Waals surface area contributed by atoms with Crippen molar-refractivity contribution in [2.75, 3.05) is 13.2 Å². The van der Waals surface area contributed by atoms with Gasteiger partial charge in [0.15, 0.2) is 0 Å². The lowest BCUT2D eigenvalue weighted by molar-refractivity contribution is 0.134. The van der Waals surface area contributed by atoms with Gasteiger partial charge in [0.1, 0.15) is 0 Å². The zero-order valence-corrected chi connectivity index (χ0v) is 12.2. The molecule has 0 bridgehead atoms. The van der Waals surface area contributed by atoms with Crippen LogP contribution in [0.3, 0.4) is 0 Å². The molecular formula is C13H18ClNO3S. The highest BCUT2D eigenvalue weighted by Crippen LogP contribution is 2.37. The topological polar surface area (TPSA) is 66.4 Å². The van der Waals surface area contributed by atoms with Gasteiger partial charge in [-0.2, -0.15) is 0 Å². The van der Waals surface area contributed by atoms with E-state index in [2.05, 4.69) is 4.72 Å². The highest BCUT2D eigenvalue weighted by atomic mass is 35.5. The van der Waals surface area contributed by atoms with E-state index >= 15 is 0 Å². The van der Waals surface area contributed by atoms with Crippen LogP contribution in [0, 0.1) is 5.41 Å². The number of aliphatic hydroxyl groups is 1. The van der Waals surface area contributed by atoms with Crippen molar-refractivity contribution in [2.45, 2.75) is 30.6 Å². The van der Waals surface area contributed by atoms with Gasteiger partial charge in [-0.15, -0.1) is 0 Å². The lowest BCUT2D eigenvalue weighted by atomic mass is 9.88. The molecule has 0 spiro atoms. The molecule has 1 aromatic rings. The fraction of sp³-hybridized carbons (Fsp3) is 0.538. The normalized spacial score (nSPS) is 18.6. The maximum absolute atomic E-state index is 12.1. The molecule has 1 aromatic carbocycles. The molecule has 106 valence electrons. The van der Waals surface area contributed by atoms with E-state index in [1.807, 2.05) is 0 Å². The van der Waals surface area contributed by atoms with Gasteiger partial charge in [-0.1, -0.05) is 24.4 Å². The monoisotopic (exact) mass is 303 g/mol. The van der Waals surface area contributed by atoms with E-state index in [0.29, 0.717) is 5.02 Å². The first kappa shape index (κ1) is 14.8. The van der Waals surface area contributed by atoms with Crippen LogP contribution < -0.4 is 4.72 Å². The predicted octanol–water partition coefficient (Wildman–Crippen LogP) is 2.17. The molecule has 0 aromatic heterocycles. The average Bonchev–Trinajstić information content (AvgIpc) is 2.87. The Balaban J connectivity index is 2.07. The van der Waals surface area contributed by atoms with Crippen molar-refractivity contribution < 1.29 is 13.5 Å². The van der Waals surface area contributed by atoms with Gasteiger partial charge in [-0.25, -0.2) is 13.1 Å². The van der Waals surface area contributed by atoms with Gasteiger partial charge >= 0.3 is 0 Å². The van der Waals surface area contributed by atoms with Crippen molar-refractivity contribution in [2.24, 2.45) is 5.41 Å². The van der Waals surface area contributed by atoms with Crippen molar-refractivity contribution in [1.29, 1.82) is 0 Å². The van der Waals surface area contributed by atoms with E-state index in [1.165, 1.54) is 12.1 Å². The minimum Gasteiger partial charge on any atom is -0.396 e. The van der Waals surface area contributed by atoms with Crippen molar-refractivity contribution in [3.8, 4) is 0 Å². The summed E-state index contributed by atoms with van der Waals surface area (Å²) in [7, 11) is -3.53. The largest absolute Gasteiger partial charge is 0.396 e. The van der Waals surface area contributed by atoms with E-state index in [-0.39, 0.29) is 23.5 Å². The van der Waals surface area contributed by atoms with E-state index in [1.54, 1.807) is 12.1 Å². The third kappa shape index (κ3) is 3.48. The summed E-state index contributed by atoms with van der Waals surface area (Å²) in [6.45, 7) is 0.310. The predicted molar refractivity (Wildman–Crippen MR) is 74.6 cm³/mol. The summed E-state index contributed by atoms with van der Waals surface area (Å²) in [5.41, 5.74) is -0.292. The Hall–Kier alpha value is -0.620. The molecule has 0 aliphatic heterocycles. The quantitative estimate of drug-likeness (QED) is 0.876. The van der Waals surface area contributed by atoms with Crippen molar-refractivity contribution >= 4 is 21.6 Å². The molecule has 2 N–H and O–H groups in total. The van der Waals surface area contributed by atoms with Crippen LogP contribution in [0.15, 0.2) is 29.2 Å². The standard InChI is InChI=1S/C13H18ClNO3S/c14-11-3-5-12(6-4-11)19(17,18)15-9-13(10-16)7-1-2-8-13/h3-6,15-16H,1-2,7-10H2. The Kier molecular flexibility index (Phi) is 4.50. The second kappa shape index (κ2) is 5.79. The summed E-state index contributed by atoms with van der Waals surface area (Å²) in [6, 6.07) is 6.05. The van der Waals surface area contributed by atoms with Crippen LogP contribution in [0.4, 0.5) is 0 Å². The molecule has 0 radical (unpaired) electrons. The molecule has 2 rings (SSSR count). The van der Waals surface area contributed by atoms with E-state index in [0.717, 1.165) is 25.7 Å². The lowest BCUT2D eigenvalue weighted by Gasteiger charge is -2.26. The second-order valence-electron chi connectivity index (χ2n) is 5.14. The molecule has 1 saturated carbocycles. The maximum Gasteiger partial charge on any atom is 0.240 e. The highest BCUT2D eigenvalue weighted by molar-refractivity contribution is 7.89. The summed E-state index contributed by atoms with van der Waals surface area (Å²) >= 11 is 5.74. The van der Waals surface area contributed by atoms with E-state index in [9.17, 15) is 13.5 Å². The molecule has 1 aliphatic carbocycles. The number of hydrogen-bond donors (Lipinski definition) is 2. The minimum absolute atomic E-state index is 0.0239. The first-order valence-corrected chi connectivity index (χ1v) is 8.20. The Labute approximate surface area is 118 Å². The summed E-state index contributed by atoms with van der Waals surface area (Å²) in [5.74, 6) is 0. The number of hydrogen-bond acceptors (Lipinski definition) is 3. The van der Waals surface area contributed by atoms with Gasteiger partial charge in [0, 0.05) is 23.6 Å². The molecule has 6 heteroatoms. The second-order valence-corrected chi connectivity index (χ2v) is 7.35. The van der Waals surface area contributed by atoms with Gasteiger partial charge in [0.25, 0.3) is 0 Å². The molecule has 0 saturated heterocycles. The molecule has 0 unspecified atom stereocenters. The summed E-state index contributed by atoms with van der Waals surface area (Å²) in [4.78, 5) is 0.197. The van der Waals surface area contributed by atoms with Crippen LogP contribution >= 0.6 is 11.6 Å². The lowest BCUT2D eigenvalue weighted by Crippen LogP contribution is -2.38. The zero-order chi connectivity index (χ0) is 13.9. The van der Waals surface area contributed by atoms with Gasteiger partial charge in [-0.05, 0) is 37.1 Å². The molecule has 1 aliphatic rings. The van der Waals surface area contributed by atoms with E-state index < -0.39 is 10.0 Å². The molecular weight excluding hydrogens is 286 g/mol. The molecule has 19 heavy (non-hydrogen) atoms. The van der Waals surface area contributed by atoms with Crippen LogP contribution in [0.25, 0.3) is 0 Å². The Morgan fingerprint density at radius 3 is 2.32 bits per heavy atom. The zero-order valence-electron chi connectivity index (χ0n) is 10.6. The summed E-state index contributed by atoms with van der Waals surface area (Å²) in [6.07, 6.45) is 3.83. The van der Waals surface area contributed by atoms with Crippen LogP contribution in [0.2, 0.25) is 5.02 Å². The van der Waals surface area contributed by atoms with E-state index in [4.69, 9.17) is 11.6 Å². The molecule has 1 fully saturated rings. The van der Waals surface area contributed by atoms with Gasteiger partial charge < -0.3 is 5.11 Å². The number of benzene rings is 1. The Morgan fingerprint density at radius 2 is 1.79 bits per heavy atom. The van der Waals surface area contributed by atoms with Crippen LogP contribution in [0.1, 0.15) is 25.7 Å². The van der Waals surface area contributed by atoms with Crippen LogP contribution in [-0.4, -0.2) is 26.7 Å². The first-order valence-electron chi connectivity index (χ1n) is 6.34. The highest BCUT2D eigenvalue weighted by Gasteiger charge is 2.34. The fourth-order valence-electron chi connectivity index (χ4n) is 2.46. The number of aliphatic hydroxyl groups excluding tert-OH is 1. The summed E-state index contributed by atoms with van der Waals surface area (Å²) in [5, 5.41) is 9.97. The number of rotatable bonds is 5. The first-order chi connectivity index (χ1) is 8.97. The fourth-order valence-corrected chi connectivity index (χ4v) is 3.74. The van der Waals surface area contributed by atoms with Crippen molar-refractivity contribution in [3.63, 3.8) is 0 Å². The summed E-state index contributed by atoms with van der Waals surface area (Å²) < 4.78 is 26.8. The maximum atomic E-state index is 12.1. The van der Waals surface area contributed by atoms with Crippen molar-refractivity contribution in [1.82, 2.24) is 4.72 Å². The third-order valence-corrected chi connectivity index (χ3v) is 5.43. The van der Waals surface area contributed by atoms with Crippen LogP contribution in [0.5, 0.6) is 0 Å². The van der Waals surface area contributed by atoms with Crippen LogP contribution in [-0.2, 0) is 10.0 Å². The van der Waals surface area contributed by atoms with Crippen molar-refractivity contribution in [3.05, 3.63) is 29.3 Å². The Bertz CT molecular complexity index is 521. The minimum atomic E-state index is -3.53. The molecule has 4 nitrogen and oxygen atoms in total. The molecule has 0 atom stereocenters. The van der Waals surface area contributed by atoms with Gasteiger partial charge in [-0.3, -0.25) is 0 Å². The molecule has 0 heterocycles. The number of halogens is 1. The third-order valence-electron chi connectivity index (χ3n) is 3.76. The Morgan fingerprint density at radius 1 is 1.21 bits per heavy atom. The number of sulfonamides is 1. The number of nitrogens with one attached hydrogen (secondary N) is 1.